The Balaban J connectivity index is 2.26. The molecule has 1 aliphatic carbocycles. The van der Waals surface area contributed by atoms with Crippen LogP contribution in [0, 0.1) is 16.7 Å². The van der Waals surface area contributed by atoms with Crippen LogP contribution in [0.4, 0.5) is 0 Å². The normalized spacial score (nSPS) is 33.1. The van der Waals surface area contributed by atoms with Crippen molar-refractivity contribution in [3.63, 3.8) is 0 Å². The zero-order valence-electron chi connectivity index (χ0n) is 9.72. The Morgan fingerprint density at radius 2 is 1.73 bits per heavy atom. The van der Waals surface area contributed by atoms with Gasteiger partial charge in [-0.3, -0.25) is 14.9 Å². The van der Waals surface area contributed by atoms with E-state index in [1.807, 2.05) is 0 Å². The zero-order chi connectivity index (χ0) is 11.3. The second-order valence-electron chi connectivity index (χ2n) is 6.13. The van der Waals surface area contributed by atoms with Crippen molar-refractivity contribution in [1.82, 2.24) is 5.32 Å². The van der Waals surface area contributed by atoms with E-state index in [4.69, 9.17) is 0 Å². The Morgan fingerprint density at radius 1 is 1.20 bits per heavy atom. The lowest BCUT2D eigenvalue weighted by Crippen LogP contribution is -2.46. The third-order valence-electron chi connectivity index (χ3n) is 4.04. The van der Waals surface area contributed by atoms with E-state index in [1.54, 1.807) is 0 Å². The molecule has 0 bridgehead atoms. The molecule has 1 saturated heterocycles. The topological polar surface area (TPSA) is 46.2 Å². The monoisotopic (exact) mass is 209 g/mol. The number of nitrogens with one attached hydrogen (secondary N) is 1. The Kier molecular flexibility index (Phi) is 2.18. The molecule has 1 unspecified atom stereocenters. The van der Waals surface area contributed by atoms with Gasteiger partial charge in [0.25, 0.3) is 0 Å². The summed E-state index contributed by atoms with van der Waals surface area (Å²) in [6, 6.07) is 0. The zero-order valence-corrected chi connectivity index (χ0v) is 9.72. The fourth-order valence-electron chi connectivity index (χ4n) is 3.66. The van der Waals surface area contributed by atoms with Gasteiger partial charge in [0.15, 0.2) is 0 Å². The summed E-state index contributed by atoms with van der Waals surface area (Å²) in [7, 11) is 0. The van der Waals surface area contributed by atoms with E-state index in [-0.39, 0.29) is 22.6 Å². The van der Waals surface area contributed by atoms with Crippen molar-refractivity contribution in [2.24, 2.45) is 16.7 Å². The van der Waals surface area contributed by atoms with Crippen LogP contribution >= 0.6 is 0 Å². The molecule has 2 rings (SSSR count). The van der Waals surface area contributed by atoms with E-state index in [0.717, 1.165) is 12.8 Å². The summed E-state index contributed by atoms with van der Waals surface area (Å²) in [5.74, 6) is 0.300. The van der Waals surface area contributed by atoms with Crippen molar-refractivity contribution in [3.8, 4) is 0 Å². The van der Waals surface area contributed by atoms with Gasteiger partial charge in [0.1, 0.15) is 0 Å². The lowest BCUT2D eigenvalue weighted by molar-refractivity contribution is -0.139. The molecule has 0 radical (unpaired) electrons. The van der Waals surface area contributed by atoms with Crippen LogP contribution in [0.1, 0.15) is 46.5 Å². The molecule has 1 atom stereocenters. The molecule has 0 aromatic rings. The summed E-state index contributed by atoms with van der Waals surface area (Å²) in [5.41, 5.74) is 0.222. The van der Waals surface area contributed by atoms with Crippen molar-refractivity contribution in [1.29, 1.82) is 0 Å². The highest BCUT2D eigenvalue weighted by Gasteiger charge is 2.52. The maximum absolute atomic E-state index is 11.5. The van der Waals surface area contributed by atoms with Crippen LogP contribution in [0.2, 0.25) is 0 Å². The summed E-state index contributed by atoms with van der Waals surface area (Å²) < 4.78 is 0. The first-order valence-electron chi connectivity index (χ1n) is 5.66. The summed E-state index contributed by atoms with van der Waals surface area (Å²) in [6.45, 7) is 6.64. The smallest absolute Gasteiger partial charge is 0.227 e. The molecule has 1 saturated carbocycles. The average molecular weight is 209 g/mol. The number of amides is 2. The van der Waals surface area contributed by atoms with E-state index in [1.165, 1.54) is 0 Å². The quantitative estimate of drug-likeness (QED) is 0.619. The summed E-state index contributed by atoms with van der Waals surface area (Å²) in [4.78, 5) is 22.9. The number of imide groups is 1. The van der Waals surface area contributed by atoms with Gasteiger partial charge in [0.05, 0.1) is 0 Å². The largest absolute Gasteiger partial charge is 0.296 e. The van der Waals surface area contributed by atoms with E-state index in [2.05, 4.69) is 26.1 Å². The lowest BCUT2D eigenvalue weighted by atomic mass is 9.70. The lowest BCUT2D eigenvalue weighted by Gasteiger charge is -2.36. The molecule has 3 heteroatoms. The first-order valence-corrected chi connectivity index (χ1v) is 5.66. The minimum Gasteiger partial charge on any atom is -0.296 e. The number of hydrogen-bond donors (Lipinski definition) is 1. The number of carbonyl (C=O) groups excluding carboxylic acids is 2. The molecule has 1 N–H and O–H groups in total. The molecule has 2 aliphatic rings. The molecule has 1 spiro atoms. The van der Waals surface area contributed by atoms with Crippen LogP contribution in [-0.4, -0.2) is 11.8 Å². The Hall–Kier alpha value is -0.860. The fraction of sp³-hybridized carbons (Fsp3) is 0.833. The summed E-state index contributed by atoms with van der Waals surface area (Å²) >= 11 is 0. The second kappa shape index (κ2) is 3.06. The first kappa shape index (κ1) is 10.7. The highest BCUT2D eigenvalue weighted by Crippen LogP contribution is 2.57. The minimum atomic E-state index is -0.0872. The highest BCUT2D eigenvalue weighted by molar-refractivity contribution is 5.98. The first-order chi connectivity index (χ1) is 6.83. The molecule has 84 valence electrons. The van der Waals surface area contributed by atoms with Crippen molar-refractivity contribution in [2.45, 2.75) is 46.5 Å². The minimum absolute atomic E-state index is 0.0527. The molecule has 0 aromatic carbocycles. The Morgan fingerprint density at radius 3 is 2.13 bits per heavy atom. The third kappa shape index (κ3) is 1.80. The maximum atomic E-state index is 11.5. The molecule has 1 heterocycles. The molecule has 3 nitrogen and oxygen atoms in total. The number of carbonyl (C=O) groups is 2. The number of hydrogen-bond acceptors (Lipinski definition) is 2. The fourth-order valence-corrected chi connectivity index (χ4v) is 3.66. The molecule has 2 fully saturated rings. The van der Waals surface area contributed by atoms with Gasteiger partial charge < -0.3 is 0 Å². The predicted molar refractivity (Wildman–Crippen MR) is 57.0 cm³/mol. The molecule has 1 aliphatic heterocycles. The standard InChI is InChI=1S/C12H19NO2/c1-8-4-11(2,3)7-12(8)5-9(14)13-10(15)6-12/h8H,4-7H2,1-3H3,(H,13,14,15). The van der Waals surface area contributed by atoms with E-state index < -0.39 is 0 Å². The average Bonchev–Trinajstić information content (AvgIpc) is 2.17. The van der Waals surface area contributed by atoms with Gasteiger partial charge in [0.2, 0.25) is 11.8 Å². The third-order valence-corrected chi connectivity index (χ3v) is 4.04. The molecular weight excluding hydrogens is 190 g/mol. The molecule has 0 aromatic heterocycles. The van der Waals surface area contributed by atoms with Crippen molar-refractivity contribution in [3.05, 3.63) is 0 Å². The van der Waals surface area contributed by atoms with Gasteiger partial charge in [0, 0.05) is 12.8 Å². The van der Waals surface area contributed by atoms with Gasteiger partial charge in [-0.1, -0.05) is 20.8 Å². The summed E-state index contributed by atoms with van der Waals surface area (Å²) in [6.07, 6.45) is 3.18. The van der Waals surface area contributed by atoms with Crippen molar-refractivity contribution >= 4 is 11.8 Å². The van der Waals surface area contributed by atoms with Crippen LogP contribution < -0.4 is 5.32 Å². The second-order valence-corrected chi connectivity index (χ2v) is 6.13. The predicted octanol–water partition coefficient (Wildman–Crippen LogP) is 1.87. The van der Waals surface area contributed by atoms with Crippen molar-refractivity contribution in [2.75, 3.05) is 0 Å². The van der Waals surface area contributed by atoms with Gasteiger partial charge in [-0.05, 0) is 29.6 Å². The van der Waals surface area contributed by atoms with Crippen molar-refractivity contribution < 1.29 is 9.59 Å². The van der Waals surface area contributed by atoms with Gasteiger partial charge >= 0.3 is 0 Å². The van der Waals surface area contributed by atoms with E-state index >= 15 is 0 Å². The van der Waals surface area contributed by atoms with Crippen LogP contribution in [0.3, 0.4) is 0 Å². The van der Waals surface area contributed by atoms with Gasteiger partial charge in [-0.15, -0.1) is 0 Å². The Bertz CT molecular complexity index is 304. The number of rotatable bonds is 0. The summed E-state index contributed by atoms with van der Waals surface area (Å²) in [5, 5.41) is 2.40. The van der Waals surface area contributed by atoms with Crippen LogP contribution in [0.5, 0.6) is 0 Å². The van der Waals surface area contributed by atoms with Crippen LogP contribution in [-0.2, 0) is 9.59 Å². The highest BCUT2D eigenvalue weighted by atomic mass is 16.2. The Labute approximate surface area is 90.6 Å². The van der Waals surface area contributed by atoms with E-state index in [9.17, 15) is 9.59 Å². The molecule has 2 amide bonds. The van der Waals surface area contributed by atoms with Gasteiger partial charge in [-0.2, -0.15) is 0 Å². The molecule has 15 heavy (non-hydrogen) atoms. The SMILES string of the molecule is CC1CC(C)(C)CC12CC(=O)NC(=O)C2. The maximum Gasteiger partial charge on any atom is 0.227 e. The van der Waals surface area contributed by atoms with E-state index in [0.29, 0.717) is 18.8 Å². The molecular formula is C12H19NO2. The number of piperidine rings is 1. The van der Waals surface area contributed by atoms with Crippen LogP contribution in [0.25, 0.3) is 0 Å². The van der Waals surface area contributed by atoms with Crippen LogP contribution in [0.15, 0.2) is 0 Å². The van der Waals surface area contributed by atoms with Gasteiger partial charge in [-0.25, -0.2) is 0 Å².